The molecule has 1 aromatic heterocycles. The predicted molar refractivity (Wildman–Crippen MR) is 99.0 cm³/mol. The van der Waals surface area contributed by atoms with Crippen LogP contribution >= 0.6 is 0 Å². The Kier molecular flexibility index (Phi) is 3.68. The molecule has 1 atom stereocenters. The largest absolute Gasteiger partial charge is 0.337 e. The number of amides is 1. The van der Waals surface area contributed by atoms with Crippen LogP contribution in [0.15, 0.2) is 54.7 Å². The molecule has 0 bridgehead atoms. The van der Waals surface area contributed by atoms with Crippen LogP contribution in [0.1, 0.15) is 29.8 Å². The van der Waals surface area contributed by atoms with Crippen LogP contribution in [0.4, 0.5) is 5.69 Å². The molecule has 0 N–H and O–H groups in total. The van der Waals surface area contributed by atoms with E-state index in [0.29, 0.717) is 5.56 Å². The number of benzene rings is 2. The number of fused-ring (bicyclic) bond motifs is 2. The molecule has 1 unspecified atom stereocenters. The van der Waals surface area contributed by atoms with Crippen LogP contribution in [0.3, 0.4) is 0 Å². The fourth-order valence-corrected chi connectivity index (χ4v) is 3.83. The van der Waals surface area contributed by atoms with Crippen molar-refractivity contribution in [3.8, 4) is 0 Å². The van der Waals surface area contributed by atoms with Crippen LogP contribution in [0, 0.1) is 0 Å². The van der Waals surface area contributed by atoms with E-state index >= 15 is 0 Å². The summed E-state index contributed by atoms with van der Waals surface area (Å²) in [6, 6.07) is 16.0. The van der Waals surface area contributed by atoms with Crippen molar-refractivity contribution in [1.82, 2.24) is 4.57 Å². The third kappa shape index (κ3) is 2.54. The lowest BCUT2D eigenvalue weighted by Gasteiger charge is -2.23. The van der Waals surface area contributed by atoms with Crippen LogP contribution in [-0.4, -0.2) is 22.3 Å². The maximum absolute atomic E-state index is 13.0. The Morgan fingerprint density at radius 2 is 1.80 bits per heavy atom. The highest BCUT2D eigenvalue weighted by atomic mass is 16.2. The highest BCUT2D eigenvalue weighted by molar-refractivity contribution is 6.07. The summed E-state index contributed by atoms with van der Waals surface area (Å²) < 4.78 is 1.89. The maximum Gasteiger partial charge on any atom is 0.247 e. The number of anilines is 1. The Morgan fingerprint density at radius 3 is 2.60 bits per heavy atom. The molecule has 0 aliphatic carbocycles. The monoisotopic (exact) mass is 332 g/mol. The van der Waals surface area contributed by atoms with Gasteiger partial charge in [-0.15, -0.1) is 0 Å². The molecule has 2 heterocycles. The van der Waals surface area contributed by atoms with Crippen molar-refractivity contribution in [2.45, 2.75) is 32.9 Å². The fourth-order valence-electron chi connectivity index (χ4n) is 3.83. The first-order valence-corrected chi connectivity index (χ1v) is 8.55. The molecule has 0 fully saturated rings. The Balaban J connectivity index is 1.70. The van der Waals surface area contributed by atoms with E-state index in [2.05, 4.69) is 13.0 Å². The van der Waals surface area contributed by atoms with E-state index in [9.17, 15) is 9.59 Å². The van der Waals surface area contributed by atoms with Gasteiger partial charge in [-0.1, -0.05) is 36.4 Å². The Bertz CT molecular complexity index is 986. The highest BCUT2D eigenvalue weighted by Crippen LogP contribution is 2.32. The minimum absolute atomic E-state index is 0.0160. The van der Waals surface area contributed by atoms with Gasteiger partial charge in [-0.05, 0) is 38.0 Å². The SMILES string of the molecule is CC(=O)c1cn(CC(=O)N2c3ccccc3CC2C)c2ccccc12. The molecule has 0 radical (unpaired) electrons. The minimum Gasteiger partial charge on any atom is -0.337 e. The Labute approximate surface area is 146 Å². The summed E-state index contributed by atoms with van der Waals surface area (Å²) >= 11 is 0. The molecular formula is C21H20N2O2. The van der Waals surface area contributed by atoms with E-state index in [1.165, 1.54) is 5.56 Å². The van der Waals surface area contributed by atoms with Gasteiger partial charge in [0.1, 0.15) is 6.54 Å². The van der Waals surface area contributed by atoms with Crippen molar-refractivity contribution in [1.29, 1.82) is 0 Å². The molecule has 0 spiro atoms. The zero-order valence-electron chi connectivity index (χ0n) is 14.4. The average Bonchev–Trinajstić information content (AvgIpc) is 3.12. The minimum atomic E-state index is 0.0160. The number of Topliss-reactive ketones (excluding diaryl/α,β-unsaturated/α-hetero) is 1. The average molecular weight is 332 g/mol. The number of aromatic nitrogens is 1. The van der Waals surface area contributed by atoms with Gasteiger partial charge in [0.25, 0.3) is 0 Å². The van der Waals surface area contributed by atoms with Gasteiger partial charge < -0.3 is 9.47 Å². The molecular weight excluding hydrogens is 312 g/mol. The van der Waals surface area contributed by atoms with Gasteiger partial charge in [0.2, 0.25) is 5.91 Å². The zero-order valence-corrected chi connectivity index (χ0v) is 14.4. The number of carbonyl (C=O) groups excluding carboxylic acids is 2. The number of para-hydroxylation sites is 2. The second-order valence-corrected chi connectivity index (χ2v) is 6.69. The third-order valence-electron chi connectivity index (χ3n) is 4.95. The Hall–Kier alpha value is -2.88. The van der Waals surface area contributed by atoms with Gasteiger partial charge in [0.05, 0.1) is 0 Å². The lowest BCUT2D eigenvalue weighted by atomic mass is 10.1. The van der Waals surface area contributed by atoms with E-state index in [0.717, 1.165) is 23.0 Å². The molecule has 1 aliphatic rings. The molecule has 0 saturated carbocycles. The summed E-state index contributed by atoms with van der Waals surface area (Å²) in [7, 11) is 0. The van der Waals surface area contributed by atoms with E-state index < -0.39 is 0 Å². The lowest BCUT2D eigenvalue weighted by Crippen LogP contribution is -2.37. The van der Waals surface area contributed by atoms with Crippen LogP contribution < -0.4 is 4.90 Å². The second kappa shape index (κ2) is 5.88. The van der Waals surface area contributed by atoms with Crippen molar-refractivity contribution in [3.05, 3.63) is 65.9 Å². The van der Waals surface area contributed by atoms with E-state index in [-0.39, 0.29) is 24.3 Å². The van der Waals surface area contributed by atoms with Crippen LogP contribution in [0.2, 0.25) is 0 Å². The number of hydrogen-bond acceptors (Lipinski definition) is 2. The standard InChI is InChI=1S/C21H20N2O2/c1-14-11-16-7-3-5-9-19(16)23(14)21(25)13-22-12-18(15(2)24)17-8-4-6-10-20(17)22/h3-10,12,14H,11,13H2,1-2H3. The van der Waals surface area contributed by atoms with Crippen LogP contribution in [0.25, 0.3) is 10.9 Å². The lowest BCUT2D eigenvalue weighted by molar-refractivity contribution is -0.119. The van der Waals surface area contributed by atoms with E-state index in [4.69, 9.17) is 0 Å². The van der Waals surface area contributed by atoms with Gasteiger partial charge in [-0.3, -0.25) is 9.59 Å². The molecule has 126 valence electrons. The van der Waals surface area contributed by atoms with E-state index in [1.807, 2.05) is 51.9 Å². The summed E-state index contributed by atoms with van der Waals surface area (Å²) in [4.78, 5) is 26.8. The molecule has 0 saturated heterocycles. The first kappa shape index (κ1) is 15.6. The number of carbonyl (C=O) groups is 2. The molecule has 3 aromatic rings. The number of rotatable bonds is 3. The summed E-state index contributed by atoms with van der Waals surface area (Å²) in [6.07, 6.45) is 2.69. The summed E-state index contributed by atoms with van der Waals surface area (Å²) in [5.41, 5.74) is 3.80. The topological polar surface area (TPSA) is 42.3 Å². The van der Waals surface area contributed by atoms with Crippen molar-refractivity contribution >= 4 is 28.3 Å². The van der Waals surface area contributed by atoms with E-state index in [1.54, 1.807) is 13.1 Å². The molecule has 1 amide bonds. The summed E-state index contributed by atoms with van der Waals surface area (Å²) in [5, 5.41) is 0.901. The quantitative estimate of drug-likeness (QED) is 0.684. The molecule has 4 nitrogen and oxygen atoms in total. The smallest absolute Gasteiger partial charge is 0.247 e. The van der Waals surface area contributed by atoms with Gasteiger partial charge in [-0.2, -0.15) is 0 Å². The van der Waals surface area contributed by atoms with Crippen molar-refractivity contribution in [2.75, 3.05) is 4.90 Å². The molecule has 1 aliphatic heterocycles. The molecule has 2 aromatic carbocycles. The van der Waals surface area contributed by atoms with Crippen molar-refractivity contribution in [2.24, 2.45) is 0 Å². The van der Waals surface area contributed by atoms with Crippen LogP contribution in [0.5, 0.6) is 0 Å². The van der Waals surface area contributed by atoms with Crippen molar-refractivity contribution < 1.29 is 9.59 Å². The number of ketones is 1. The first-order valence-electron chi connectivity index (χ1n) is 8.55. The van der Waals surface area contributed by atoms with Crippen molar-refractivity contribution in [3.63, 3.8) is 0 Å². The fraction of sp³-hybridized carbons (Fsp3) is 0.238. The Morgan fingerprint density at radius 1 is 1.08 bits per heavy atom. The number of hydrogen-bond donors (Lipinski definition) is 0. The molecule has 4 rings (SSSR count). The molecule has 25 heavy (non-hydrogen) atoms. The normalized spacial score (nSPS) is 16.2. The summed E-state index contributed by atoms with van der Waals surface area (Å²) in [5.74, 6) is 0.0654. The highest BCUT2D eigenvalue weighted by Gasteiger charge is 2.30. The van der Waals surface area contributed by atoms with Crippen LogP contribution in [-0.2, 0) is 17.8 Å². The zero-order chi connectivity index (χ0) is 17.6. The third-order valence-corrected chi connectivity index (χ3v) is 4.95. The van der Waals surface area contributed by atoms with Gasteiger partial charge >= 0.3 is 0 Å². The predicted octanol–water partition coefficient (Wildman–Crippen LogP) is 3.82. The number of nitrogens with zero attached hydrogens (tertiary/aromatic N) is 2. The first-order chi connectivity index (χ1) is 12.1. The second-order valence-electron chi connectivity index (χ2n) is 6.69. The maximum atomic E-state index is 13.0. The summed E-state index contributed by atoms with van der Waals surface area (Å²) in [6.45, 7) is 3.87. The van der Waals surface area contributed by atoms with Gasteiger partial charge in [0, 0.05) is 34.4 Å². The molecule has 4 heteroatoms. The van der Waals surface area contributed by atoms with Gasteiger partial charge in [0.15, 0.2) is 5.78 Å². The van der Waals surface area contributed by atoms with Gasteiger partial charge in [-0.25, -0.2) is 0 Å².